The van der Waals surface area contributed by atoms with Gasteiger partial charge in [0.15, 0.2) is 12.0 Å². The molecule has 3 rings (SSSR count). The molecule has 2 aromatic rings. The molecule has 0 amide bonds. The summed E-state index contributed by atoms with van der Waals surface area (Å²) in [6, 6.07) is 13.1. The van der Waals surface area contributed by atoms with Crippen LogP contribution in [0.15, 0.2) is 54.6 Å². The lowest BCUT2D eigenvalue weighted by molar-refractivity contribution is -0.137. The van der Waals surface area contributed by atoms with Crippen molar-refractivity contribution in [1.82, 2.24) is 10.2 Å². The molecule has 2 unspecified atom stereocenters. The van der Waals surface area contributed by atoms with Gasteiger partial charge in [-0.3, -0.25) is 15.0 Å². The predicted molar refractivity (Wildman–Crippen MR) is 123 cm³/mol. The van der Waals surface area contributed by atoms with Crippen LogP contribution >= 0.6 is 0 Å². The van der Waals surface area contributed by atoms with E-state index < -0.39 is 35.5 Å². The summed E-state index contributed by atoms with van der Waals surface area (Å²) in [5.74, 6) is -0.584. The van der Waals surface area contributed by atoms with Gasteiger partial charge < -0.3 is 5.11 Å². The van der Waals surface area contributed by atoms with Crippen LogP contribution < -0.4 is 5.32 Å². The van der Waals surface area contributed by atoms with E-state index >= 15 is 4.39 Å². The Kier molecular flexibility index (Phi) is 7.85. The van der Waals surface area contributed by atoms with Crippen molar-refractivity contribution in [2.75, 3.05) is 13.1 Å². The summed E-state index contributed by atoms with van der Waals surface area (Å²) in [5.41, 5.74) is -2.03. The zero-order chi connectivity index (χ0) is 25.1. The first-order chi connectivity index (χ1) is 15.8. The second-order valence-corrected chi connectivity index (χ2v) is 9.99. The minimum Gasteiger partial charge on any atom is -0.385 e. The fourth-order valence-electron chi connectivity index (χ4n) is 4.36. The van der Waals surface area contributed by atoms with E-state index in [0.29, 0.717) is 18.7 Å². The number of nitrogens with one attached hydrogen (secondary N) is 1. The molecule has 0 bridgehead atoms. The van der Waals surface area contributed by atoms with E-state index in [0.717, 1.165) is 12.1 Å². The Morgan fingerprint density at radius 1 is 1.06 bits per heavy atom. The van der Waals surface area contributed by atoms with Gasteiger partial charge in [0.25, 0.3) is 0 Å². The number of carbonyl (C=O) groups is 1. The molecule has 1 aliphatic rings. The molecule has 1 saturated heterocycles. The molecule has 0 spiro atoms. The molecule has 0 radical (unpaired) electrons. The highest BCUT2D eigenvalue weighted by Crippen LogP contribution is 2.37. The molecular weight excluding hydrogens is 448 g/mol. The van der Waals surface area contributed by atoms with E-state index in [4.69, 9.17) is 0 Å². The van der Waals surface area contributed by atoms with Gasteiger partial charge in [-0.15, -0.1) is 0 Å². The number of benzene rings is 2. The van der Waals surface area contributed by atoms with E-state index in [1.54, 1.807) is 30.3 Å². The molecule has 8 heteroatoms. The van der Waals surface area contributed by atoms with Gasteiger partial charge in [0.05, 0.1) is 17.3 Å². The Morgan fingerprint density at radius 2 is 1.68 bits per heavy atom. The maximum Gasteiger partial charge on any atom is 0.416 e. The third-order valence-corrected chi connectivity index (χ3v) is 6.17. The van der Waals surface area contributed by atoms with Crippen LogP contribution in [0.1, 0.15) is 61.5 Å². The number of likely N-dealkylation sites (tertiary alicyclic amines) is 1. The van der Waals surface area contributed by atoms with Gasteiger partial charge in [0.2, 0.25) is 0 Å². The van der Waals surface area contributed by atoms with E-state index in [9.17, 15) is 23.1 Å². The molecule has 4 nitrogen and oxygen atoms in total. The van der Waals surface area contributed by atoms with Crippen molar-refractivity contribution in [1.29, 1.82) is 0 Å². The SMILES string of the molecule is CC(C)(C)NC(CC(F)C(=O)c1ccccc1)N1CCC(O)(c2cccc(C(F)(F)F)c2)CC1. The van der Waals surface area contributed by atoms with Crippen LogP contribution in [0.4, 0.5) is 17.6 Å². The number of aliphatic hydroxyl groups is 1. The lowest BCUT2D eigenvalue weighted by Crippen LogP contribution is -2.57. The van der Waals surface area contributed by atoms with Crippen molar-refractivity contribution < 1.29 is 27.5 Å². The molecular formula is C26H32F4N2O2. The number of piperidine rings is 1. The number of ketones is 1. The van der Waals surface area contributed by atoms with Gasteiger partial charge in [-0.05, 0) is 51.3 Å². The van der Waals surface area contributed by atoms with E-state index in [1.165, 1.54) is 12.1 Å². The van der Waals surface area contributed by atoms with Gasteiger partial charge in [-0.1, -0.05) is 42.5 Å². The van der Waals surface area contributed by atoms with Gasteiger partial charge >= 0.3 is 6.18 Å². The van der Waals surface area contributed by atoms with Crippen LogP contribution in [0, 0.1) is 0 Å². The summed E-state index contributed by atoms with van der Waals surface area (Å²) < 4.78 is 54.5. The Bertz CT molecular complexity index is 965. The van der Waals surface area contributed by atoms with Gasteiger partial charge in [-0.2, -0.15) is 13.2 Å². The molecule has 1 fully saturated rings. The summed E-state index contributed by atoms with van der Waals surface area (Å²) >= 11 is 0. The lowest BCUT2D eigenvalue weighted by Gasteiger charge is -2.44. The zero-order valence-electron chi connectivity index (χ0n) is 19.7. The lowest BCUT2D eigenvalue weighted by atomic mass is 9.83. The fourth-order valence-corrected chi connectivity index (χ4v) is 4.36. The van der Waals surface area contributed by atoms with Crippen LogP contribution in [0.25, 0.3) is 0 Å². The van der Waals surface area contributed by atoms with Crippen molar-refractivity contribution in [2.45, 2.75) is 69.7 Å². The topological polar surface area (TPSA) is 52.6 Å². The molecule has 0 aromatic heterocycles. The highest BCUT2D eigenvalue weighted by molar-refractivity contribution is 5.99. The number of halogens is 4. The minimum absolute atomic E-state index is 0.0764. The number of rotatable bonds is 7. The van der Waals surface area contributed by atoms with Crippen LogP contribution in [-0.2, 0) is 11.8 Å². The fraction of sp³-hybridized carbons (Fsp3) is 0.500. The van der Waals surface area contributed by atoms with Gasteiger partial charge in [0.1, 0.15) is 0 Å². The van der Waals surface area contributed by atoms with Crippen molar-refractivity contribution in [3.63, 3.8) is 0 Å². The van der Waals surface area contributed by atoms with Crippen LogP contribution in [0.3, 0.4) is 0 Å². The quantitative estimate of drug-likeness (QED) is 0.416. The number of hydrogen-bond donors (Lipinski definition) is 2. The smallest absolute Gasteiger partial charge is 0.385 e. The summed E-state index contributed by atoms with van der Waals surface area (Å²) in [6.07, 6.45) is -6.37. The van der Waals surface area contributed by atoms with Crippen LogP contribution in [0.5, 0.6) is 0 Å². The minimum atomic E-state index is -4.49. The van der Waals surface area contributed by atoms with Crippen molar-refractivity contribution >= 4 is 5.78 Å². The molecule has 2 N–H and O–H groups in total. The Hall–Kier alpha value is -2.29. The Labute approximate surface area is 198 Å². The largest absolute Gasteiger partial charge is 0.416 e. The summed E-state index contributed by atoms with van der Waals surface area (Å²) in [7, 11) is 0. The average molecular weight is 481 g/mol. The van der Waals surface area contributed by atoms with Gasteiger partial charge in [0, 0.05) is 30.6 Å². The average Bonchev–Trinajstić information content (AvgIpc) is 2.78. The number of carbonyl (C=O) groups excluding carboxylic acids is 1. The summed E-state index contributed by atoms with van der Waals surface area (Å²) in [4.78, 5) is 14.5. The predicted octanol–water partition coefficient (Wildman–Crippen LogP) is 5.31. The molecule has 1 aliphatic heterocycles. The zero-order valence-corrected chi connectivity index (χ0v) is 19.7. The summed E-state index contributed by atoms with van der Waals surface area (Å²) in [5, 5.41) is 14.5. The first kappa shape index (κ1) is 26.3. The maximum atomic E-state index is 15.1. The number of hydrogen-bond acceptors (Lipinski definition) is 4. The second kappa shape index (κ2) is 10.1. The highest BCUT2D eigenvalue weighted by atomic mass is 19.4. The molecule has 34 heavy (non-hydrogen) atoms. The summed E-state index contributed by atoms with van der Waals surface area (Å²) in [6.45, 7) is 6.50. The van der Waals surface area contributed by atoms with Crippen molar-refractivity contribution in [2.24, 2.45) is 0 Å². The Balaban J connectivity index is 1.73. The first-order valence-electron chi connectivity index (χ1n) is 11.4. The van der Waals surface area contributed by atoms with E-state index in [1.807, 2.05) is 25.7 Å². The van der Waals surface area contributed by atoms with E-state index in [-0.39, 0.29) is 30.4 Å². The van der Waals surface area contributed by atoms with Crippen LogP contribution in [0.2, 0.25) is 0 Å². The Morgan fingerprint density at radius 3 is 2.24 bits per heavy atom. The molecule has 0 saturated carbocycles. The maximum absolute atomic E-state index is 15.1. The number of Topliss-reactive ketones (excluding diaryl/α,β-unsaturated/α-hetero) is 1. The third-order valence-electron chi connectivity index (χ3n) is 6.17. The van der Waals surface area contributed by atoms with E-state index in [2.05, 4.69) is 5.32 Å². The van der Waals surface area contributed by atoms with Gasteiger partial charge in [-0.25, -0.2) is 4.39 Å². The first-order valence-corrected chi connectivity index (χ1v) is 11.4. The second-order valence-electron chi connectivity index (χ2n) is 9.99. The molecule has 0 aliphatic carbocycles. The molecule has 2 aromatic carbocycles. The molecule has 1 heterocycles. The number of alkyl halides is 4. The monoisotopic (exact) mass is 480 g/mol. The van der Waals surface area contributed by atoms with Crippen LogP contribution in [-0.4, -0.2) is 46.8 Å². The standard InChI is InChI=1S/C26H32F4N2O2/c1-24(2,3)31-22(17-21(27)23(33)18-8-5-4-6-9-18)32-14-12-25(34,13-15-32)19-10-7-11-20(16-19)26(28,29)30/h4-11,16,21-22,31,34H,12-15,17H2,1-3H3. The third kappa shape index (κ3) is 6.64. The molecule has 2 atom stereocenters. The molecule has 186 valence electrons. The van der Waals surface area contributed by atoms with Crippen molar-refractivity contribution in [3.05, 3.63) is 71.3 Å². The normalized spacial score (nSPS) is 18.9. The highest BCUT2D eigenvalue weighted by Gasteiger charge is 2.39. The number of nitrogens with zero attached hydrogens (tertiary/aromatic N) is 1. The van der Waals surface area contributed by atoms with Crippen molar-refractivity contribution in [3.8, 4) is 0 Å².